The summed E-state index contributed by atoms with van der Waals surface area (Å²) in [6.07, 6.45) is -3.12. The zero-order valence-corrected chi connectivity index (χ0v) is 13.6. The van der Waals surface area contributed by atoms with Crippen molar-refractivity contribution in [3.63, 3.8) is 0 Å². The first-order valence-corrected chi connectivity index (χ1v) is 7.53. The lowest BCUT2D eigenvalue weighted by molar-refractivity contribution is -0.274. The number of carbonyl (C=O) groups excluding carboxylic acids is 1. The number of carbonyl (C=O) groups is 1. The van der Waals surface area contributed by atoms with Crippen LogP contribution in [0.5, 0.6) is 5.75 Å². The van der Waals surface area contributed by atoms with E-state index in [1.807, 2.05) is 0 Å². The number of halogens is 3. The van der Waals surface area contributed by atoms with Gasteiger partial charge in [-0.1, -0.05) is 0 Å². The summed E-state index contributed by atoms with van der Waals surface area (Å²) < 4.78 is 47.4. The first-order valence-electron chi connectivity index (χ1n) is 7.53. The molecule has 3 aromatic rings. The minimum Gasteiger partial charge on any atom is -0.458 e. The molecule has 1 aromatic carbocycles. The molecule has 6 nitrogen and oxygen atoms in total. The van der Waals surface area contributed by atoms with Crippen molar-refractivity contribution in [2.45, 2.75) is 12.9 Å². The van der Waals surface area contributed by atoms with E-state index in [0.717, 1.165) is 17.8 Å². The number of nitrogens with one attached hydrogen (secondary N) is 1. The highest BCUT2D eigenvalue weighted by atomic mass is 19.4. The van der Waals surface area contributed by atoms with E-state index in [4.69, 9.17) is 4.42 Å². The second-order valence-corrected chi connectivity index (χ2v) is 5.36. The third-order valence-electron chi connectivity index (χ3n) is 3.51. The quantitative estimate of drug-likeness (QED) is 0.751. The van der Waals surface area contributed by atoms with E-state index >= 15 is 0 Å². The molecule has 2 aromatic heterocycles. The number of aryl methyl sites for hydroxylation is 1. The van der Waals surface area contributed by atoms with E-state index in [9.17, 15) is 18.0 Å². The Morgan fingerprint density at radius 3 is 2.54 bits per heavy atom. The highest BCUT2D eigenvalue weighted by Gasteiger charge is 2.31. The van der Waals surface area contributed by atoms with Crippen LogP contribution in [0.1, 0.15) is 16.1 Å². The summed E-state index contributed by atoms with van der Waals surface area (Å²) >= 11 is 0. The van der Waals surface area contributed by atoms with E-state index in [2.05, 4.69) is 15.2 Å². The van der Waals surface area contributed by atoms with Crippen LogP contribution < -0.4 is 10.1 Å². The molecule has 26 heavy (non-hydrogen) atoms. The molecule has 0 fully saturated rings. The molecule has 0 bridgehead atoms. The molecule has 0 aliphatic carbocycles. The maximum atomic E-state index is 12.1. The van der Waals surface area contributed by atoms with Crippen molar-refractivity contribution in [2.75, 3.05) is 0 Å². The number of nitrogens with zero attached hydrogens (tertiary/aromatic N) is 2. The molecule has 0 aliphatic rings. The van der Waals surface area contributed by atoms with Crippen LogP contribution in [0, 0.1) is 0 Å². The highest BCUT2D eigenvalue weighted by Crippen LogP contribution is 2.23. The minimum absolute atomic E-state index is 0.136. The van der Waals surface area contributed by atoms with Gasteiger partial charge in [0, 0.05) is 18.8 Å². The van der Waals surface area contributed by atoms with Crippen molar-refractivity contribution in [3.8, 4) is 17.2 Å². The smallest absolute Gasteiger partial charge is 0.458 e. The van der Waals surface area contributed by atoms with Gasteiger partial charge in [-0.2, -0.15) is 5.10 Å². The van der Waals surface area contributed by atoms with E-state index in [-0.39, 0.29) is 17.9 Å². The predicted molar refractivity (Wildman–Crippen MR) is 85.2 cm³/mol. The number of aromatic nitrogens is 2. The maximum absolute atomic E-state index is 12.1. The molecule has 2 heterocycles. The topological polar surface area (TPSA) is 69.3 Å². The second kappa shape index (κ2) is 6.95. The van der Waals surface area contributed by atoms with Crippen molar-refractivity contribution in [2.24, 2.45) is 7.05 Å². The van der Waals surface area contributed by atoms with E-state index in [0.29, 0.717) is 11.5 Å². The number of amides is 1. The maximum Gasteiger partial charge on any atom is 0.573 e. The van der Waals surface area contributed by atoms with Crippen LogP contribution in [-0.4, -0.2) is 22.1 Å². The van der Waals surface area contributed by atoms with E-state index < -0.39 is 12.3 Å². The van der Waals surface area contributed by atoms with Gasteiger partial charge in [-0.05, 0) is 42.5 Å². The second-order valence-electron chi connectivity index (χ2n) is 5.36. The Bertz CT molecular complexity index is 898. The molecule has 0 unspecified atom stereocenters. The Balaban J connectivity index is 1.59. The summed E-state index contributed by atoms with van der Waals surface area (Å²) in [4.78, 5) is 12.1. The van der Waals surface area contributed by atoms with Gasteiger partial charge in [0.15, 0.2) is 5.76 Å². The van der Waals surface area contributed by atoms with Crippen LogP contribution in [0.25, 0.3) is 11.5 Å². The van der Waals surface area contributed by atoms with Gasteiger partial charge in [-0.25, -0.2) is 0 Å². The number of benzene rings is 1. The van der Waals surface area contributed by atoms with Gasteiger partial charge in [-0.3, -0.25) is 9.48 Å². The zero-order chi connectivity index (χ0) is 18.7. The molecule has 9 heteroatoms. The van der Waals surface area contributed by atoms with Crippen molar-refractivity contribution in [1.29, 1.82) is 0 Å². The number of hydrogen-bond acceptors (Lipinski definition) is 4. The summed E-state index contributed by atoms with van der Waals surface area (Å²) in [5.41, 5.74) is 1.00. The van der Waals surface area contributed by atoms with Crippen LogP contribution in [0.3, 0.4) is 0 Å². The monoisotopic (exact) mass is 365 g/mol. The summed E-state index contributed by atoms with van der Waals surface area (Å²) in [6.45, 7) is 0.136. The number of furan rings is 1. The molecule has 136 valence electrons. The van der Waals surface area contributed by atoms with Gasteiger partial charge in [0.2, 0.25) is 0 Å². The third kappa shape index (κ3) is 4.24. The lowest BCUT2D eigenvalue weighted by atomic mass is 10.2. The highest BCUT2D eigenvalue weighted by molar-refractivity contribution is 5.94. The molecular weight excluding hydrogens is 351 g/mol. The third-order valence-corrected chi connectivity index (χ3v) is 3.51. The van der Waals surface area contributed by atoms with Gasteiger partial charge in [0.05, 0.1) is 6.54 Å². The summed E-state index contributed by atoms with van der Waals surface area (Å²) in [6, 6.07) is 9.95. The Morgan fingerprint density at radius 1 is 1.19 bits per heavy atom. The van der Waals surface area contributed by atoms with Gasteiger partial charge >= 0.3 is 6.36 Å². The molecule has 0 saturated heterocycles. The van der Waals surface area contributed by atoms with Crippen LogP contribution in [0.4, 0.5) is 13.2 Å². The molecule has 0 atom stereocenters. The van der Waals surface area contributed by atoms with Crippen LogP contribution in [0.15, 0.2) is 53.1 Å². The lowest BCUT2D eigenvalue weighted by Gasteiger charge is -2.09. The largest absolute Gasteiger partial charge is 0.573 e. The molecule has 0 saturated carbocycles. The average molecular weight is 365 g/mol. The van der Waals surface area contributed by atoms with E-state index in [1.165, 1.54) is 12.1 Å². The van der Waals surface area contributed by atoms with Crippen LogP contribution >= 0.6 is 0 Å². The van der Waals surface area contributed by atoms with Gasteiger partial charge in [0.25, 0.3) is 5.91 Å². The first kappa shape index (κ1) is 17.6. The van der Waals surface area contributed by atoms with Crippen molar-refractivity contribution in [3.05, 3.63) is 60.0 Å². The van der Waals surface area contributed by atoms with Crippen molar-refractivity contribution >= 4 is 5.91 Å². The summed E-state index contributed by atoms with van der Waals surface area (Å²) in [7, 11) is 1.78. The molecule has 0 aliphatic heterocycles. The molecule has 1 N–H and O–H groups in total. The standard InChI is InChI=1S/C17H14F3N3O3/c1-23-14(8-9-22-23)15-7-6-13(25-15)10-21-16(24)11-2-4-12(5-3-11)26-17(18,19)20/h2-9H,10H2,1H3,(H,21,24). The predicted octanol–water partition coefficient (Wildman–Crippen LogP) is 3.51. The van der Waals surface area contributed by atoms with Crippen LogP contribution in [-0.2, 0) is 13.6 Å². The van der Waals surface area contributed by atoms with Crippen molar-refractivity contribution < 1.29 is 27.1 Å². The summed E-state index contributed by atoms with van der Waals surface area (Å²) in [5, 5.41) is 6.69. The lowest BCUT2D eigenvalue weighted by Crippen LogP contribution is -2.22. The fourth-order valence-corrected chi connectivity index (χ4v) is 2.30. The molecule has 0 radical (unpaired) electrons. The number of rotatable bonds is 5. The molecule has 0 spiro atoms. The van der Waals surface area contributed by atoms with E-state index in [1.54, 1.807) is 36.1 Å². The fourth-order valence-electron chi connectivity index (χ4n) is 2.30. The normalized spacial score (nSPS) is 11.4. The fraction of sp³-hybridized carbons (Fsp3) is 0.176. The average Bonchev–Trinajstić information content (AvgIpc) is 3.20. The number of hydrogen-bond donors (Lipinski definition) is 1. The minimum atomic E-state index is -4.77. The molecule has 1 amide bonds. The Kier molecular flexibility index (Phi) is 4.70. The summed E-state index contributed by atoms with van der Waals surface area (Å²) in [5.74, 6) is 0.317. The van der Waals surface area contributed by atoms with Gasteiger partial charge in [0.1, 0.15) is 17.2 Å². The number of ether oxygens (including phenoxy) is 1. The molecule has 3 rings (SSSR count). The van der Waals surface area contributed by atoms with Gasteiger partial charge in [-0.15, -0.1) is 13.2 Å². The first-order chi connectivity index (χ1) is 12.3. The number of alkyl halides is 3. The van der Waals surface area contributed by atoms with Crippen molar-refractivity contribution in [1.82, 2.24) is 15.1 Å². The SMILES string of the molecule is Cn1nccc1-c1ccc(CNC(=O)c2ccc(OC(F)(F)F)cc2)o1. The van der Waals surface area contributed by atoms with Crippen LogP contribution in [0.2, 0.25) is 0 Å². The zero-order valence-electron chi connectivity index (χ0n) is 13.6. The molecular formula is C17H14F3N3O3. The van der Waals surface area contributed by atoms with Gasteiger partial charge < -0.3 is 14.5 Å². The Morgan fingerprint density at radius 2 is 1.92 bits per heavy atom. The Labute approximate surface area is 146 Å². The Hall–Kier alpha value is -3.23.